The summed E-state index contributed by atoms with van der Waals surface area (Å²) in [7, 11) is 1.55. The van der Waals surface area contributed by atoms with Crippen LogP contribution in [0.5, 0.6) is 0 Å². The van der Waals surface area contributed by atoms with Gasteiger partial charge in [0.1, 0.15) is 5.82 Å². The average molecular weight is 327 g/mol. The fourth-order valence-electron chi connectivity index (χ4n) is 2.38. The summed E-state index contributed by atoms with van der Waals surface area (Å²) in [5.41, 5.74) is 3.12. The Kier molecular flexibility index (Phi) is 4.12. The van der Waals surface area contributed by atoms with E-state index in [1.54, 1.807) is 25.5 Å². The number of nitrogens with zero attached hydrogens (tertiary/aromatic N) is 2. The lowest BCUT2D eigenvalue weighted by molar-refractivity contribution is 0.254. The average Bonchev–Trinajstić information content (AvgIpc) is 2.54. The maximum absolute atomic E-state index is 11.4. The first-order valence-corrected chi connectivity index (χ1v) is 7.45. The lowest BCUT2D eigenvalue weighted by Gasteiger charge is -2.10. The molecule has 0 aliphatic heterocycles. The molecule has 3 aromatic rings. The number of urea groups is 1. The molecule has 2 amide bonds. The Bertz CT molecular complexity index is 895. The van der Waals surface area contributed by atoms with Crippen LogP contribution in [0.25, 0.3) is 21.9 Å². The van der Waals surface area contributed by atoms with Gasteiger partial charge in [0, 0.05) is 36.6 Å². The molecule has 116 valence electrons. The van der Waals surface area contributed by atoms with E-state index < -0.39 is 0 Å². The van der Waals surface area contributed by atoms with Gasteiger partial charge in [0.05, 0.1) is 5.02 Å². The molecule has 0 radical (unpaired) electrons. The molecule has 0 atom stereocenters. The van der Waals surface area contributed by atoms with E-state index in [-0.39, 0.29) is 6.03 Å². The molecule has 0 saturated heterocycles. The van der Waals surface area contributed by atoms with Crippen LogP contribution in [0.15, 0.2) is 42.9 Å². The van der Waals surface area contributed by atoms with Crippen LogP contribution >= 0.6 is 11.6 Å². The van der Waals surface area contributed by atoms with E-state index in [0.29, 0.717) is 10.8 Å². The molecule has 0 saturated carbocycles. The van der Waals surface area contributed by atoms with Crippen molar-refractivity contribution in [3.8, 4) is 11.1 Å². The summed E-state index contributed by atoms with van der Waals surface area (Å²) in [5.74, 6) is 0.466. The van der Waals surface area contributed by atoms with Gasteiger partial charge in [0.15, 0.2) is 0 Å². The first-order chi connectivity index (χ1) is 11.1. The number of halogens is 1. The van der Waals surface area contributed by atoms with Crippen LogP contribution in [0, 0.1) is 6.92 Å². The summed E-state index contributed by atoms with van der Waals surface area (Å²) in [4.78, 5) is 19.8. The molecule has 2 N–H and O–H groups in total. The number of benzene rings is 1. The van der Waals surface area contributed by atoms with E-state index in [4.69, 9.17) is 11.6 Å². The topological polar surface area (TPSA) is 66.9 Å². The van der Waals surface area contributed by atoms with E-state index in [9.17, 15) is 4.79 Å². The minimum atomic E-state index is -0.317. The molecule has 0 fully saturated rings. The Morgan fingerprint density at radius 2 is 2.04 bits per heavy atom. The van der Waals surface area contributed by atoms with Crippen LogP contribution < -0.4 is 10.6 Å². The molecule has 3 rings (SSSR count). The molecule has 23 heavy (non-hydrogen) atoms. The first kappa shape index (κ1) is 15.2. The van der Waals surface area contributed by atoms with Crippen molar-refractivity contribution in [2.45, 2.75) is 6.92 Å². The highest BCUT2D eigenvalue weighted by Gasteiger charge is 2.09. The standard InChI is InChI=1S/C17H15ClN4O/c1-10-3-4-20-8-13(10)11-5-12-7-16(22-17(23)19-2)21-9-14(12)15(18)6-11/h3-9H,1-2H3,(H2,19,21,22,23). The molecule has 0 aliphatic carbocycles. The molecule has 0 aliphatic rings. The number of aromatic nitrogens is 2. The monoisotopic (exact) mass is 326 g/mol. The van der Waals surface area contributed by atoms with Gasteiger partial charge in [-0.1, -0.05) is 11.6 Å². The minimum Gasteiger partial charge on any atom is -0.341 e. The van der Waals surface area contributed by atoms with Gasteiger partial charge in [-0.25, -0.2) is 9.78 Å². The predicted octanol–water partition coefficient (Wildman–Crippen LogP) is 4.01. The summed E-state index contributed by atoms with van der Waals surface area (Å²) >= 11 is 6.39. The third-order valence-electron chi connectivity index (χ3n) is 3.61. The highest BCUT2D eigenvalue weighted by atomic mass is 35.5. The molecule has 5 nitrogen and oxygen atoms in total. The molecular weight excluding hydrogens is 312 g/mol. The third-order valence-corrected chi connectivity index (χ3v) is 3.92. The van der Waals surface area contributed by atoms with Gasteiger partial charge in [0.2, 0.25) is 0 Å². The number of fused-ring (bicyclic) bond motifs is 1. The van der Waals surface area contributed by atoms with E-state index in [2.05, 4.69) is 20.6 Å². The summed E-state index contributed by atoms with van der Waals surface area (Å²) < 4.78 is 0. The normalized spacial score (nSPS) is 10.6. The Labute approximate surface area is 138 Å². The van der Waals surface area contributed by atoms with Gasteiger partial charge in [-0.05, 0) is 47.7 Å². The molecule has 0 spiro atoms. The van der Waals surface area contributed by atoms with Crippen LogP contribution in [-0.4, -0.2) is 23.0 Å². The zero-order valence-electron chi connectivity index (χ0n) is 12.7. The van der Waals surface area contributed by atoms with Gasteiger partial charge in [-0.3, -0.25) is 10.3 Å². The Balaban J connectivity index is 2.12. The van der Waals surface area contributed by atoms with Crippen LogP contribution in [0.4, 0.5) is 10.6 Å². The predicted molar refractivity (Wildman–Crippen MR) is 92.8 cm³/mol. The number of nitrogens with one attached hydrogen (secondary N) is 2. The summed E-state index contributed by atoms with van der Waals surface area (Å²) in [5, 5.41) is 7.49. The fraction of sp³-hybridized carbons (Fsp3) is 0.118. The summed E-state index contributed by atoms with van der Waals surface area (Å²) in [6.07, 6.45) is 5.23. The SMILES string of the molecule is CNC(=O)Nc1cc2cc(-c3cnccc3C)cc(Cl)c2cn1. The quantitative estimate of drug-likeness (QED) is 0.747. The number of rotatable bonds is 2. The largest absolute Gasteiger partial charge is 0.341 e. The van der Waals surface area contributed by atoms with Gasteiger partial charge in [0.25, 0.3) is 0 Å². The van der Waals surface area contributed by atoms with Crippen molar-refractivity contribution >= 4 is 34.2 Å². The van der Waals surface area contributed by atoms with Crippen LogP contribution in [0.3, 0.4) is 0 Å². The first-order valence-electron chi connectivity index (χ1n) is 7.07. The fourth-order valence-corrected chi connectivity index (χ4v) is 2.66. The second-order valence-corrected chi connectivity index (χ2v) is 5.55. The molecule has 0 unspecified atom stereocenters. The minimum absolute atomic E-state index is 0.317. The van der Waals surface area contributed by atoms with E-state index >= 15 is 0 Å². The Hall–Kier alpha value is -2.66. The third kappa shape index (κ3) is 3.10. The maximum Gasteiger partial charge on any atom is 0.320 e. The highest BCUT2D eigenvalue weighted by Crippen LogP contribution is 2.32. The maximum atomic E-state index is 11.4. The van der Waals surface area contributed by atoms with Crippen molar-refractivity contribution in [1.29, 1.82) is 0 Å². The smallest absolute Gasteiger partial charge is 0.320 e. The van der Waals surface area contributed by atoms with Gasteiger partial charge < -0.3 is 5.32 Å². The number of pyridine rings is 2. The second kappa shape index (κ2) is 6.22. The number of hydrogen-bond donors (Lipinski definition) is 2. The second-order valence-electron chi connectivity index (χ2n) is 5.14. The number of carbonyl (C=O) groups is 1. The summed E-state index contributed by atoms with van der Waals surface area (Å²) in [6.45, 7) is 2.03. The highest BCUT2D eigenvalue weighted by molar-refractivity contribution is 6.36. The van der Waals surface area contributed by atoms with Crippen molar-refractivity contribution in [1.82, 2.24) is 15.3 Å². The molecule has 2 heterocycles. The summed E-state index contributed by atoms with van der Waals surface area (Å²) in [6, 6.07) is 7.36. The molecule has 0 bridgehead atoms. The number of carbonyl (C=O) groups excluding carboxylic acids is 1. The van der Waals surface area contributed by atoms with Gasteiger partial charge >= 0.3 is 6.03 Å². The van der Waals surface area contributed by atoms with Gasteiger partial charge in [-0.15, -0.1) is 0 Å². The van der Waals surface area contributed by atoms with Crippen molar-refractivity contribution in [3.63, 3.8) is 0 Å². The zero-order chi connectivity index (χ0) is 16.4. The lowest BCUT2D eigenvalue weighted by atomic mass is 10.0. The Morgan fingerprint density at radius 1 is 1.22 bits per heavy atom. The number of hydrogen-bond acceptors (Lipinski definition) is 3. The van der Waals surface area contributed by atoms with Crippen LogP contribution in [0.1, 0.15) is 5.56 Å². The Morgan fingerprint density at radius 3 is 2.78 bits per heavy atom. The zero-order valence-corrected chi connectivity index (χ0v) is 13.5. The number of anilines is 1. The number of aryl methyl sites for hydroxylation is 1. The van der Waals surface area contributed by atoms with Crippen molar-refractivity contribution in [2.24, 2.45) is 0 Å². The van der Waals surface area contributed by atoms with E-state index in [1.807, 2.05) is 31.3 Å². The number of amides is 2. The van der Waals surface area contributed by atoms with Crippen LogP contribution in [-0.2, 0) is 0 Å². The van der Waals surface area contributed by atoms with Crippen molar-refractivity contribution in [2.75, 3.05) is 12.4 Å². The van der Waals surface area contributed by atoms with Crippen molar-refractivity contribution < 1.29 is 4.79 Å². The molecule has 1 aromatic carbocycles. The molecular formula is C17H15ClN4O. The molecule has 6 heteroatoms. The van der Waals surface area contributed by atoms with Crippen LogP contribution in [0.2, 0.25) is 5.02 Å². The van der Waals surface area contributed by atoms with E-state index in [0.717, 1.165) is 27.5 Å². The molecule has 2 aromatic heterocycles. The van der Waals surface area contributed by atoms with E-state index in [1.165, 1.54) is 0 Å². The van der Waals surface area contributed by atoms with Gasteiger partial charge in [-0.2, -0.15) is 0 Å². The van der Waals surface area contributed by atoms with Crippen molar-refractivity contribution in [3.05, 3.63) is 53.4 Å². The lowest BCUT2D eigenvalue weighted by Crippen LogP contribution is -2.24.